The van der Waals surface area contributed by atoms with Gasteiger partial charge in [-0.25, -0.2) is 4.79 Å². The lowest BCUT2D eigenvalue weighted by Gasteiger charge is -2.19. The quantitative estimate of drug-likeness (QED) is 0.576. The molecule has 1 rings (SSSR count). The molecule has 0 spiro atoms. The van der Waals surface area contributed by atoms with Crippen LogP contribution in [0.4, 0.5) is 10.5 Å². The van der Waals surface area contributed by atoms with Crippen LogP contribution in [0.25, 0.3) is 0 Å². The van der Waals surface area contributed by atoms with Crippen molar-refractivity contribution in [1.82, 2.24) is 10.6 Å². The zero-order valence-corrected chi connectivity index (χ0v) is 18.2. The normalized spacial score (nSPS) is 11.8. The molecule has 0 aliphatic rings. The van der Waals surface area contributed by atoms with Gasteiger partial charge in [-0.1, -0.05) is 31.6 Å². The van der Waals surface area contributed by atoms with Crippen LogP contribution in [0.2, 0.25) is 0 Å². The number of hydrogen-bond acceptors (Lipinski definition) is 4. The van der Waals surface area contributed by atoms with E-state index in [0.29, 0.717) is 18.2 Å². The van der Waals surface area contributed by atoms with Gasteiger partial charge in [0.15, 0.2) is 0 Å². The lowest BCUT2D eigenvalue weighted by atomic mass is 10.1. The molecule has 0 atom stereocenters. The second-order valence-electron chi connectivity index (χ2n) is 8.19. The van der Waals surface area contributed by atoms with Gasteiger partial charge in [-0.15, -0.1) is 0 Å². The second kappa shape index (κ2) is 11.2. The van der Waals surface area contributed by atoms with E-state index >= 15 is 0 Å². The SMILES string of the molecule is C/C(=C\C(=O)Nc1cccc(CNC(=O)CCNC(=O)OC(C)(C)C)c1)C(C)C. The number of ether oxygens (including phenoxy) is 1. The van der Waals surface area contributed by atoms with Gasteiger partial charge < -0.3 is 20.7 Å². The third-order valence-corrected chi connectivity index (χ3v) is 3.97. The van der Waals surface area contributed by atoms with Gasteiger partial charge in [0, 0.05) is 31.3 Å². The van der Waals surface area contributed by atoms with E-state index in [2.05, 4.69) is 16.0 Å². The molecular weight excluding hydrogens is 370 g/mol. The Morgan fingerprint density at radius 2 is 1.83 bits per heavy atom. The Hall–Kier alpha value is -2.83. The molecule has 1 aromatic carbocycles. The maximum absolute atomic E-state index is 12.1. The first kappa shape index (κ1) is 24.2. The molecule has 0 fully saturated rings. The summed E-state index contributed by atoms with van der Waals surface area (Å²) >= 11 is 0. The summed E-state index contributed by atoms with van der Waals surface area (Å²) in [5.41, 5.74) is 1.96. The molecule has 0 bridgehead atoms. The minimum atomic E-state index is -0.573. The molecule has 1 aromatic rings. The van der Waals surface area contributed by atoms with Gasteiger partial charge in [0.2, 0.25) is 11.8 Å². The Bertz CT molecular complexity index is 749. The maximum Gasteiger partial charge on any atom is 0.407 e. The molecule has 0 unspecified atom stereocenters. The molecule has 0 radical (unpaired) electrons. The number of carbonyl (C=O) groups is 3. The average molecular weight is 404 g/mol. The van der Waals surface area contributed by atoms with Gasteiger partial charge in [-0.3, -0.25) is 9.59 Å². The van der Waals surface area contributed by atoms with Gasteiger partial charge in [0.25, 0.3) is 0 Å². The van der Waals surface area contributed by atoms with Crippen LogP contribution in [0.3, 0.4) is 0 Å². The highest BCUT2D eigenvalue weighted by atomic mass is 16.6. The van der Waals surface area contributed by atoms with Gasteiger partial charge >= 0.3 is 6.09 Å². The van der Waals surface area contributed by atoms with E-state index in [-0.39, 0.29) is 24.8 Å². The summed E-state index contributed by atoms with van der Waals surface area (Å²) in [5, 5.41) is 8.17. The lowest BCUT2D eigenvalue weighted by Crippen LogP contribution is -2.35. The zero-order valence-electron chi connectivity index (χ0n) is 18.2. The number of rotatable bonds is 8. The molecule has 0 aromatic heterocycles. The summed E-state index contributed by atoms with van der Waals surface area (Å²) in [4.78, 5) is 35.6. The summed E-state index contributed by atoms with van der Waals surface area (Å²) in [5.74, 6) is -0.0521. The molecule has 29 heavy (non-hydrogen) atoms. The first-order valence-corrected chi connectivity index (χ1v) is 9.78. The third-order valence-electron chi connectivity index (χ3n) is 3.97. The number of hydrogen-bond donors (Lipinski definition) is 3. The van der Waals surface area contributed by atoms with E-state index in [1.165, 1.54) is 0 Å². The summed E-state index contributed by atoms with van der Waals surface area (Å²) < 4.78 is 5.11. The van der Waals surface area contributed by atoms with Crippen LogP contribution in [0.5, 0.6) is 0 Å². The molecule has 0 aliphatic heterocycles. The van der Waals surface area contributed by atoms with E-state index < -0.39 is 11.7 Å². The fourth-order valence-electron chi connectivity index (χ4n) is 2.19. The minimum absolute atomic E-state index is 0.148. The molecule has 160 valence electrons. The molecule has 0 heterocycles. The highest BCUT2D eigenvalue weighted by Crippen LogP contribution is 2.12. The van der Waals surface area contributed by atoms with Gasteiger partial charge in [-0.05, 0) is 51.3 Å². The fraction of sp³-hybridized carbons (Fsp3) is 0.500. The molecular formula is C22H33N3O4. The van der Waals surface area contributed by atoms with E-state index in [1.54, 1.807) is 32.9 Å². The first-order valence-electron chi connectivity index (χ1n) is 9.78. The maximum atomic E-state index is 12.1. The molecule has 7 nitrogen and oxygen atoms in total. The van der Waals surface area contributed by atoms with Crippen molar-refractivity contribution in [2.75, 3.05) is 11.9 Å². The molecule has 0 saturated carbocycles. The van der Waals surface area contributed by atoms with E-state index in [1.807, 2.05) is 39.0 Å². The molecule has 3 N–H and O–H groups in total. The minimum Gasteiger partial charge on any atom is -0.444 e. The second-order valence-corrected chi connectivity index (χ2v) is 8.19. The number of alkyl carbamates (subject to hydrolysis) is 1. The monoisotopic (exact) mass is 403 g/mol. The highest BCUT2D eigenvalue weighted by Gasteiger charge is 2.15. The van der Waals surface area contributed by atoms with Crippen LogP contribution in [0.1, 0.15) is 53.5 Å². The van der Waals surface area contributed by atoms with E-state index in [4.69, 9.17) is 4.74 Å². The smallest absolute Gasteiger partial charge is 0.407 e. The van der Waals surface area contributed by atoms with Crippen molar-refractivity contribution in [3.8, 4) is 0 Å². The molecule has 0 saturated heterocycles. The zero-order chi connectivity index (χ0) is 22.0. The Morgan fingerprint density at radius 1 is 1.14 bits per heavy atom. The van der Waals surface area contributed by atoms with Crippen LogP contribution >= 0.6 is 0 Å². The highest BCUT2D eigenvalue weighted by molar-refractivity contribution is 5.99. The van der Waals surface area contributed by atoms with Gasteiger partial charge in [0.1, 0.15) is 5.60 Å². The lowest BCUT2D eigenvalue weighted by molar-refractivity contribution is -0.121. The molecule has 7 heteroatoms. The van der Waals surface area contributed by atoms with E-state index in [0.717, 1.165) is 11.1 Å². The fourth-order valence-corrected chi connectivity index (χ4v) is 2.19. The number of benzene rings is 1. The largest absolute Gasteiger partial charge is 0.444 e. The Kier molecular flexibility index (Phi) is 9.38. The topological polar surface area (TPSA) is 96.5 Å². The Labute approximate surface area is 173 Å². The van der Waals surface area contributed by atoms with Crippen molar-refractivity contribution >= 4 is 23.6 Å². The standard InChI is InChI=1S/C22H33N3O4/c1-15(2)16(3)12-20(27)25-18-9-7-8-17(13-18)14-24-19(26)10-11-23-21(28)29-22(4,5)6/h7-9,12-13,15H,10-11,14H2,1-6H3,(H,23,28)(H,24,26)(H,25,27)/b16-12+. The number of anilines is 1. The van der Waals surface area contributed by atoms with Crippen molar-refractivity contribution in [3.63, 3.8) is 0 Å². The number of nitrogens with one attached hydrogen (secondary N) is 3. The summed E-state index contributed by atoms with van der Waals surface area (Å²) in [6.07, 6.45) is 1.20. The van der Waals surface area contributed by atoms with Crippen LogP contribution < -0.4 is 16.0 Å². The van der Waals surface area contributed by atoms with Crippen molar-refractivity contribution < 1.29 is 19.1 Å². The first-order chi connectivity index (χ1) is 13.5. The van der Waals surface area contributed by atoms with Crippen LogP contribution in [-0.4, -0.2) is 30.1 Å². The number of carbonyl (C=O) groups excluding carboxylic acids is 3. The predicted molar refractivity (Wildman–Crippen MR) is 114 cm³/mol. The van der Waals surface area contributed by atoms with Gasteiger partial charge in [-0.2, -0.15) is 0 Å². The van der Waals surface area contributed by atoms with Gasteiger partial charge in [0.05, 0.1) is 0 Å². The van der Waals surface area contributed by atoms with Crippen LogP contribution in [0, 0.1) is 5.92 Å². The van der Waals surface area contributed by atoms with Crippen molar-refractivity contribution in [2.24, 2.45) is 5.92 Å². The van der Waals surface area contributed by atoms with Crippen molar-refractivity contribution in [1.29, 1.82) is 0 Å². The Balaban J connectivity index is 2.44. The van der Waals surface area contributed by atoms with Crippen molar-refractivity contribution in [3.05, 3.63) is 41.5 Å². The molecule has 3 amide bonds. The summed E-state index contributed by atoms with van der Waals surface area (Å²) in [6, 6.07) is 7.30. The number of allylic oxidation sites excluding steroid dienone is 1. The Morgan fingerprint density at radius 3 is 2.45 bits per heavy atom. The average Bonchev–Trinajstić information content (AvgIpc) is 2.58. The third kappa shape index (κ3) is 10.9. The molecule has 0 aliphatic carbocycles. The van der Waals surface area contributed by atoms with Crippen molar-refractivity contribution in [2.45, 2.75) is 60.1 Å². The summed E-state index contributed by atoms with van der Waals surface area (Å²) in [7, 11) is 0. The predicted octanol–water partition coefficient (Wildman–Crippen LogP) is 3.76. The van der Waals surface area contributed by atoms with E-state index in [9.17, 15) is 14.4 Å². The summed E-state index contributed by atoms with van der Waals surface area (Å²) in [6.45, 7) is 11.8. The number of amides is 3. The van der Waals surface area contributed by atoms with Crippen LogP contribution in [0.15, 0.2) is 35.9 Å². The van der Waals surface area contributed by atoms with Crippen LogP contribution in [-0.2, 0) is 20.9 Å².